The second-order valence-electron chi connectivity index (χ2n) is 7.22. The first-order chi connectivity index (χ1) is 14.2. The Morgan fingerprint density at radius 2 is 1.73 bits per heavy atom. The van der Waals surface area contributed by atoms with Crippen molar-refractivity contribution >= 4 is 34.8 Å². The van der Waals surface area contributed by atoms with Gasteiger partial charge in [-0.25, -0.2) is 0 Å². The fraction of sp³-hybridized carbons (Fsp3) is 0.364. The zero-order valence-electron chi connectivity index (χ0n) is 17.9. The van der Waals surface area contributed by atoms with Crippen LogP contribution in [0.3, 0.4) is 0 Å². The Labute approximate surface area is 182 Å². The molecule has 162 valence electrons. The molecule has 0 aliphatic carbocycles. The lowest BCUT2D eigenvalue weighted by atomic mass is 10.1. The third kappa shape index (κ3) is 6.29. The molecule has 0 aliphatic heterocycles. The number of carbonyl (C=O) groups excluding carboxylic acids is 2. The molecule has 0 aliphatic rings. The van der Waals surface area contributed by atoms with Gasteiger partial charge in [-0.15, -0.1) is 0 Å². The molecule has 0 bridgehead atoms. The normalized spacial score (nSPS) is 10.5. The average Bonchev–Trinajstić information content (AvgIpc) is 2.71. The van der Waals surface area contributed by atoms with Crippen LogP contribution in [0.15, 0.2) is 30.3 Å². The Bertz CT molecular complexity index is 915. The maximum Gasteiger partial charge on any atom is 0.251 e. The van der Waals surface area contributed by atoms with Crippen LogP contribution in [-0.2, 0) is 4.79 Å². The molecule has 2 aromatic rings. The van der Waals surface area contributed by atoms with Crippen LogP contribution in [0.1, 0.15) is 29.8 Å². The molecular formula is C22H28ClN3O4. The maximum atomic E-state index is 12.4. The quantitative estimate of drug-likeness (QED) is 0.554. The van der Waals surface area contributed by atoms with E-state index in [2.05, 4.69) is 16.0 Å². The first-order valence-corrected chi connectivity index (χ1v) is 9.97. The summed E-state index contributed by atoms with van der Waals surface area (Å²) in [5, 5.41) is 9.11. The van der Waals surface area contributed by atoms with Gasteiger partial charge in [0.2, 0.25) is 5.91 Å². The highest BCUT2D eigenvalue weighted by Gasteiger charge is 2.13. The third-order valence-corrected chi connectivity index (χ3v) is 4.64. The molecule has 2 rings (SSSR count). The lowest BCUT2D eigenvalue weighted by molar-refractivity contribution is -0.114. The van der Waals surface area contributed by atoms with E-state index in [4.69, 9.17) is 21.1 Å². The minimum atomic E-state index is -0.271. The van der Waals surface area contributed by atoms with E-state index in [1.165, 1.54) is 14.2 Å². The van der Waals surface area contributed by atoms with Gasteiger partial charge in [0.15, 0.2) is 0 Å². The van der Waals surface area contributed by atoms with Crippen molar-refractivity contribution in [1.82, 2.24) is 5.32 Å². The number of halogens is 1. The number of hydrogen-bond donors (Lipinski definition) is 3. The van der Waals surface area contributed by atoms with Crippen molar-refractivity contribution in [2.75, 3.05) is 37.9 Å². The molecule has 0 atom stereocenters. The predicted octanol–water partition coefficient (Wildman–Crippen LogP) is 4.10. The minimum absolute atomic E-state index is 0.0343. The molecule has 0 saturated carbocycles. The van der Waals surface area contributed by atoms with E-state index in [0.717, 1.165) is 11.3 Å². The highest BCUT2D eigenvalue weighted by Crippen LogP contribution is 2.35. The molecule has 2 amide bonds. The molecular weight excluding hydrogens is 406 g/mol. The van der Waals surface area contributed by atoms with Crippen LogP contribution >= 0.6 is 11.6 Å². The third-order valence-electron chi connectivity index (χ3n) is 4.35. The van der Waals surface area contributed by atoms with Crippen molar-refractivity contribution in [3.8, 4) is 11.5 Å². The number of aryl methyl sites for hydroxylation is 1. The second kappa shape index (κ2) is 10.7. The summed E-state index contributed by atoms with van der Waals surface area (Å²) in [4.78, 5) is 24.6. The summed E-state index contributed by atoms with van der Waals surface area (Å²) in [6.07, 6.45) is 0. The zero-order valence-corrected chi connectivity index (χ0v) is 18.6. The minimum Gasteiger partial charge on any atom is -0.495 e. The van der Waals surface area contributed by atoms with E-state index in [1.807, 2.05) is 20.8 Å². The molecule has 0 aromatic heterocycles. The molecule has 0 spiro atoms. The Balaban J connectivity index is 2.00. The van der Waals surface area contributed by atoms with Gasteiger partial charge in [-0.2, -0.15) is 0 Å². The van der Waals surface area contributed by atoms with Crippen LogP contribution in [-0.4, -0.2) is 39.1 Å². The fourth-order valence-corrected chi connectivity index (χ4v) is 2.97. The Kier molecular flexibility index (Phi) is 8.35. The van der Waals surface area contributed by atoms with Crippen molar-refractivity contribution in [1.29, 1.82) is 0 Å². The fourth-order valence-electron chi connectivity index (χ4n) is 2.73. The van der Waals surface area contributed by atoms with E-state index in [9.17, 15) is 9.59 Å². The number of rotatable bonds is 9. The van der Waals surface area contributed by atoms with Crippen molar-refractivity contribution in [2.45, 2.75) is 20.8 Å². The van der Waals surface area contributed by atoms with Gasteiger partial charge in [-0.1, -0.05) is 25.4 Å². The van der Waals surface area contributed by atoms with Gasteiger partial charge in [0.25, 0.3) is 5.91 Å². The Morgan fingerprint density at radius 3 is 2.33 bits per heavy atom. The van der Waals surface area contributed by atoms with E-state index in [-0.39, 0.29) is 18.4 Å². The number of benzene rings is 2. The van der Waals surface area contributed by atoms with Gasteiger partial charge in [0.1, 0.15) is 11.5 Å². The van der Waals surface area contributed by atoms with Crippen molar-refractivity contribution in [3.63, 3.8) is 0 Å². The lowest BCUT2D eigenvalue weighted by Crippen LogP contribution is -2.27. The molecule has 30 heavy (non-hydrogen) atoms. The summed E-state index contributed by atoms with van der Waals surface area (Å²) >= 11 is 6.14. The molecule has 0 fully saturated rings. The van der Waals surface area contributed by atoms with Gasteiger partial charge in [0.05, 0.1) is 31.5 Å². The summed E-state index contributed by atoms with van der Waals surface area (Å²) in [5.41, 5.74) is 2.67. The van der Waals surface area contributed by atoms with Crippen LogP contribution < -0.4 is 25.4 Å². The lowest BCUT2D eigenvalue weighted by Gasteiger charge is -2.14. The van der Waals surface area contributed by atoms with Gasteiger partial charge in [-0.3, -0.25) is 9.59 Å². The molecule has 7 nitrogen and oxygen atoms in total. The molecule has 0 radical (unpaired) electrons. The van der Waals surface area contributed by atoms with Crippen LogP contribution in [0.5, 0.6) is 11.5 Å². The van der Waals surface area contributed by atoms with Crippen molar-refractivity contribution in [2.24, 2.45) is 5.92 Å². The first-order valence-electron chi connectivity index (χ1n) is 9.59. The highest BCUT2D eigenvalue weighted by molar-refractivity contribution is 6.32. The molecule has 0 saturated heterocycles. The van der Waals surface area contributed by atoms with Crippen molar-refractivity contribution in [3.05, 3.63) is 46.5 Å². The molecule has 2 aromatic carbocycles. The van der Waals surface area contributed by atoms with Gasteiger partial charge in [-0.05, 0) is 42.7 Å². The predicted molar refractivity (Wildman–Crippen MR) is 120 cm³/mol. The maximum absolute atomic E-state index is 12.4. The van der Waals surface area contributed by atoms with Gasteiger partial charge < -0.3 is 25.4 Å². The SMILES string of the molecule is COc1cc(OC)c(NC(=O)CNc2ccc(C(=O)NCC(C)C)cc2C)cc1Cl. The molecule has 0 heterocycles. The zero-order chi connectivity index (χ0) is 22.3. The molecule has 3 N–H and O–H groups in total. The van der Waals surface area contributed by atoms with Gasteiger partial charge in [0, 0.05) is 23.9 Å². The number of nitrogens with one attached hydrogen (secondary N) is 3. The van der Waals surface area contributed by atoms with Crippen LogP contribution in [0.25, 0.3) is 0 Å². The van der Waals surface area contributed by atoms with Crippen molar-refractivity contribution < 1.29 is 19.1 Å². The standard InChI is InChI=1S/C22H28ClN3O4/c1-13(2)11-25-22(28)15-6-7-17(14(3)8-15)24-12-21(27)26-18-9-16(23)19(29-4)10-20(18)30-5/h6-10,13,24H,11-12H2,1-5H3,(H,25,28)(H,26,27). The van der Waals surface area contributed by atoms with Crippen LogP contribution in [0, 0.1) is 12.8 Å². The first kappa shape index (κ1) is 23.3. The number of ether oxygens (including phenoxy) is 2. The number of hydrogen-bond acceptors (Lipinski definition) is 5. The van der Waals surface area contributed by atoms with E-state index in [1.54, 1.807) is 30.3 Å². The average molecular weight is 434 g/mol. The molecule has 0 unspecified atom stereocenters. The number of anilines is 2. The second-order valence-corrected chi connectivity index (χ2v) is 7.63. The molecule has 8 heteroatoms. The summed E-state index contributed by atoms with van der Waals surface area (Å²) < 4.78 is 10.4. The summed E-state index contributed by atoms with van der Waals surface area (Å²) in [5.74, 6) is 0.899. The largest absolute Gasteiger partial charge is 0.495 e. The monoisotopic (exact) mass is 433 g/mol. The summed E-state index contributed by atoms with van der Waals surface area (Å²) in [6.45, 7) is 6.62. The highest BCUT2D eigenvalue weighted by atomic mass is 35.5. The number of carbonyl (C=O) groups is 2. The van der Waals surface area contributed by atoms with E-state index < -0.39 is 0 Å². The Morgan fingerprint density at radius 1 is 1.03 bits per heavy atom. The van der Waals surface area contributed by atoms with Crippen LogP contribution in [0.4, 0.5) is 11.4 Å². The topological polar surface area (TPSA) is 88.7 Å². The van der Waals surface area contributed by atoms with Gasteiger partial charge >= 0.3 is 0 Å². The number of amides is 2. The number of methoxy groups -OCH3 is 2. The smallest absolute Gasteiger partial charge is 0.251 e. The van der Waals surface area contributed by atoms with E-state index in [0.29, 0.717) is 40.2 Å². The summed E-state index contributed by atoms with van der Waals surface area (Å²) in [7, 11) is 3.00. The van der Waals surface area contributed by atoms with E-state index >= 15 is 0 Å². The summed E-state index contributed by atoms with van der Waals surface area (Å²) in [6, 6.07) is 8.50. The van der Waals surface area contributed by atoms with Crippen LogP contribution in [0.2, 0.25) is 5.02 Å². The Hall–Kier alpha value is -2.93.